The van der Waals surface area contributed by atoms with Crippen LogP contribution in [-0.2, 0) is 53.0 Å². The molecule has 3 aromatic carbocycles. The molecular formula is C33H41N3O7. The Balaban J connectivity index is 1.42. The van der Waals surface area contributed by atoms with E-state index in [1.54, 1.807) is 0 Å². The molecule has 43 heavy (non-hydrogen) atoms. The van der Waals surface area contributed by atoms with Gasteiger partial charge < -0.3 is 33.2 Å². The fraction of sp³-hybridized carbons (Fsp3) is 0.455. The maximum Gasteiger partial charge on any atom is 0.186 e. The van der Waals surface area contributed by atoms with Crippen LogP contribution in [0.1, 0.15) is 23.6 Å². The summed E-state index contributed by atoms with van der Waals surface area (Å²) in [5.41, 5.74) is 11.5. The molecule has 1 fully saturated rings. The van der Waals surface area contributed by atoms with Crippen molar-refractivity contribution in [2.45, 2.75) is 57.5 Å². The lowest BCUT2D eigenvalue weighted by atomic mass is 9.98. The molecule has 0 aromatic heterocycles. The molecule has 0 saturated carbocycles. The third kappa shape index (κ3) is 11.4. The third-order valence-corrected chi connectivity index (χ3v) is 6.86. The van der Waals surface area contributed by atoms with Crippen molar-refractivity contribution >= 4 is 0 Å². The standard InChI is InChI=1S/C33H41N3O7/c1-26-30(40-23-27-11-5-2-6-12-27)31(41-24-28-13-7-3-8-14-28)32(42-25-29-15-9-4-10-16-29)33(43-26)39-22-21-38-20-19-37-18-17-35-36-34/h2-16,26,30-33H,17-25H2,1H3/t26-,30+,31+,32-,33+/m0/s1. The van der Waals surface area contributed by atoms with E-state index in [2.05, 4.69) is 10.0 Å². The molecule has 0 bridgehead atoms. The first kappa shape index (κ1) is 32.6. The van der Waals surface area contributed by atoms with E-state index in [0.717, 1.165) is 16.7 Å². The van der Waals surface area contributed by atoms with Crippen molar-refractivity contribution in [2.75, 3.05) is 39.6 Å². The largest absolute Gasteiger partial charge is 0.379 e. The van der Waals surface area contributed by atoms with E-state index in [9.17, 15) is 0 Å². The van der Waals surface area contributed by atoms with Gasteiger partial charge in [0.2, 0.25) is 0 Å². The minimum absolute atomic E-state index is 0.294. The van der Waals surface area contributed by atoms with Gasteiger partial charge in [0.15, 0.2) is 6.29 Å². The van der Waals surface area contributed by atoms with Crippen LogP contribution in [0.3, 0.4) is 0 Å². The summed E-state index contributed by atoms with van der Waals surface area (Å²) in [6.45, 7) is 5.24. The average molecular weight is 592 g/mol. The maximum absolute atomic E-state index is 8.32. The first-order valence-corrected chi connectivity index (χ1v) is 14.6. The minimum atomic E-state index is -0.695. The van der Waals surface area contributed by atoms with Gasteiger partial charge in [-0.05, 0) is 29.1 Å². The Bertz CT molecular complexity index is 1200. The molecule has 1 saturated heterocycles. The van der Waals surface area contributed by atoms with Gasteiger partial charge in [-0.15, -0.1) is 0 Å². The molecule has 0 amide bonds. The minimum Gasteiger partial charge on any atom is -0.379 e. The van der Waals surface area contributed by atoms with Crippen LogP contribution in [0.2, 0.25) is 0 Å². The summed E-state index contributed by atoms with van der Waals surface area (Å²) in [6, 6.07) is 30.1. The fourth-order valence-electron chi connectivity index (χ4n) is 4.70. The molecule has 0 radical (unpaired) electrons. The molecule has 0 unspecified atom stereocenters. The zero-order valence-corrected chi connectivity index (χ0v) is 24.6. The average Bonchev–Trinajstić information content (AvgIpc) is 3.05. The predicted octanol–water partition coefficient (Wildman–Crippen LogP) is 5.85. The summed E-state index contributed by atoms with van der Waals surface area (Å²) in [5, 5.41) is 3.44. The van der Waals surface area contributed by atoms with E-state index >= 15 is 0 Å². The molecule has 0 spiro atoms. The number of hydrogen-bond donors (Lipinski definition) is 0. The lowest BCUT2D eigenvalue weighted by molar-refractivity contribution is -0.321. The smallest absolute Gasteiger partial charge is 0.186 e. The Morgan fingerprint density at radius 2 is 1.07 bits per heavy atom. The highest BCUT2D eigenvalue weighted by Gasteiger charge is 2.47. The van der Waals surface area contributed by atoms with E-state index in [0.29, 0.717) is 59.4 Å². The molecule has 230 valence electrons. The summed E-state index contributed by atoms with van der Waals surface area (Å²) in [5.74, 6) is 0. The Morgan fingerprint density at radius 3 is 1.60 bits per heavy atom. The maximum atomic E-state index is 8.32. The number of benzene rings is 3. The lowest BCUT2D eigenvalue weighted by Gasteiger charge is -2.45. The SMILES string of the molecule is C[C@@H]1O[C@@H](OCCOCCOCCN=[N+]=[N-])[C@@H](OCc2ccccc2)[C@H](OCc2ccccc2)[C@@H]1OCc1ccccc1. The number of nitrogens with zero attached hydrogens (tertiary/aromatic N) is 3. The van der Waals surface area contributed by atoms with Crippen molar-refractivity contribution < 1.29 is 33.2 Å². The number of ether oxygens (including phenoxy) is 7. The van der Waals surface area contributed by atoms with Gasteiger partial charge in [-0.3, -0.25) is 0 Å². The third-order valence-electron chi connectivity index (χ3n) is 6.86. The van der Waals surface area contributed by atoms with Gasteiger partial charge in [0.25, 0.3) is 0 Å². The second kappa shape index (κ2) is 19.1. The molecule has 0 N–H and O–H groups in total. The highest BCUT2D eigenvalue weighted by Crippen LogP contribution is 2.31. The Morgan fingerprint density at radius 1 is 0.605 bits per heavy atom. The topological polar surface area (TPSA) is 113 Å². The lowest BCUT2D eigenvalue weighted by Crippen LogP contribution is -2.60. The second-order valence-corrected chi connectivity index (χ2v) is 10.0. The highest BCUT2D eigenvalue weighted by molar-refractivity contribution is 5.15. The van der Waals surface area contributed by atoms with Crippen LogP contribution in [0.5, 0.6) is 0 Å². The number of hydrogen-bond acceptors (Lipinski definition) is 8. The molecule has 1 heterocycles. The van der Waals surface area contributed by atoms with Gasteiger partial charge in [0.05, 0.1) is 59.0 Å². The summed E-state index contributed by atoms with van der Waals surface area (Å²) in [7, 11) is 0. The summed E-state index contributed by atoms with van der Waals surface area (Å²) in [6.07, 6.45) is -2.45. The van der Waals surface area contributed by atoms with Crippen molar-refractivity contribution in [3.63, 3.8) is 0 Å². The van der Waals surface area contributed by atoms with Crippen molar-refractivity contribution in [1.29, 1.82) is 0 Å². The Hall–Kier alpha value is -3.31. The molecule has 3 aromatic rings. The molecule has 4 rings (SSSR count). The first-order valence-electron chi connectivity index (χ1n) is 14.6. The van der Waals surface area contributed by atoms with Gasteiger partial charge in [-0.25, -0.2) is 0 Å². The fourth-order valence-corrected chi connectivity index (χ4v) is 4.70. The van der Waals surface area contributed by atoms with E-state index in [4.69, 9.17) is 38.7 Å². The molecule has 10 heteroatoms. The Kier molecular flexibility index (Phi) is 14.5. The molecule has 10 nitrogen and oxygen atoms in total. The summed E-state index contributed by atoms with van der Waals surface area (Å²) >= 11 is 0. The van der Waals surface area contributed by atoms with Gasteiger partial charge >= 0.3 is 0 Å². The van der Waals surface area contributed by atoms with Crippen LogP contribution in [0.25, 0.3) is 10.4 Å². The van der Waals surface area contributed by atoms with Crippen molar-refractivity contribution in [3.05, 3.63) is 118 Å². The number of azide groups is 1. The highest BCUT2D eigenvalue weighted by atomic mass is 16.7. The van der Waals surface area contributed by atoms with E-state index in [1.165, 1.54) is 0 Å². The van der Waals surface area contributed by atoms with Gasteiger partial charge in [0.1, 0.15) is 18.3 Å². The molecule has 1 aliphatic rings. The normalized spacial score (nSPS) is 21.7. The van der Waals surface area contributed by atoms with Crippen molar-refractivity contribution in [3.8, 4) is 0 Å². The van der Waals surface area contributed by atoms with Crippen molar-refractivity contribution in [2.24, 2.45) is 5.11 Å². The molecule has 0 aliphatic carbocycles. The zero-order valence-electron chi connectivity index (χ0n) is 24.6. The zero-order chi connectivity index (χ0) is 30.0. The predicted molar refractivity (Wildman–Crippen MR) is 161 cm³/mol. The first-order chi connectivity index (χ1) is 21.2. The van der Waals surface area contributed by atoms with E-state index in [-0.39, 0.29) is 6.10 Å². The molecule has 5 atom stereocenters. The molecule has 1 aliphatic heterocycles. The van der Waals surface area contributed by atoms with Crippen LogP contribution < -0.4 is 0 Å². The summed E-state index contributed by atoms with van der Waals surface area (Å²) < 4.78 is 43.2. The monoisotopic (exact) mass is 591 g/mol. The van der Waals surface area contributed by atoms with Crippen LogP contribution in [0.15, 0.2) is 96.1 Å². The van der Waals surface area contributed by atoms with Crippen molar-refractivity contribution in [1.82, 2.24) is 0 Å². The van der Waals surface area contributed by atoms with Crippen LogP contribution in [-0.4, -0.2) is 70.3 Å². The van der Waals surface area contributed by atoms with E-state index < -0.39 is 24.6 Å². The quantitative estimate of drug-likeness (QED) is 0.0744. The summed E-state index contributed by atoms with van der Waals surface area (Å²) in [4.78, 5) is 2.70. The second-order valence-electron chi connectivity index (χ2n) is 10.0. The van der Waals surface area contributed by atoms with Crippen LogP contribution >= 0.6 is 0 Å². The number of rotatable bonds is 19. The van der Waals surface area contributed by atoms with Crippen LogP contribution in [0.4, 0.5) is 0 Å². The Labute approximate surface area is 253 Å². The van der Waals surface area contributed by atoms with Gasteiger partial charge in [-0.1, -0.05) is 96.1 Å². The van der Waals surface area contributed by atoms with Gasteiger partial charge in [0, 0.05) is 11.5 Å². The molecular weight excluding hydrogens is 550 g/mol. The van der Waals surface area contributed by atoms with Crippen LogP contribution in [0, 0.1) is 0 Å². The van der Waals surface area contributed by atoms with Gasteiger partial charge in [-0.2, -0.15) is 0 Å². The van der Waals surface area contributed by atoms with E-state index in [1.807, 2.05) is 97.9 Å².